The molecule has 2 saturated heterocycles. The van der Waals surface area contributed by atoms with Crippen molar-refractivity contribution in [1.82, 2.24) is 15.1 Å². The van der Waals surface area contributed by atoms with Gasteiger partial charge in [-0.15, -0.1) is 0 Å². The first-order valence-electron chi connectivity index (χ1n) is 6.90. The Hall–Kier alpha value is -0.610. The maximum atomic E-state index is 11.4. The predicted octanol–water partition coefficient (Wildman–Crippen LogP) is 0.681. The summed E-state index contributed by atoms with van der Waals surface area (Å²) in [6.45, 7) is 9.07. The van der Waals surface area contributed by atoms with Gasteiger partial charge >= 0.3 is 0 Å². The third-order valence-electron chi connectivity index (χ3n) is 4.13. The van der Waals surface area contributed by atoms with Crippen molar-refractivity contribution >= 4 is 5.91 Å². The molecule has 0 spiro atoms. The van der Waals surface area contributed by atoms with Crippen molar-refractivity contribution in [3.63, 3.8) is 0 Å². The van der Waals surface area contributed by atoms with Gasteiger partial charge in [0.25, 0.3) is 0 Å². The molecule has 0 aromatic carbocycles. The number of nitrogens with one attached hydrogen (secondary N) is 1. The number of nitrogens with zero attached hydrogens (tertiary/aromatic N) is 2. The largest absolute Gasteiger partial charge is 0.342 e. The zero-order chi connectivity index (χ0) is 12.3. The van der Waals surface area contributed by atoms with Gasteiger partial charge < -0.3 is 10.2 Å². The van der Waals surface area contributed by atoms with Crippen LogP contribution in [-0.4, -0.2) is 60.5 Å². The summed E-state index contributed by atoms with van der Waals surface area (Å²) < 4.78 is 0. The van der Waals surface area contributed by atoms with Crippen molar-refractivity contribution in [3.05, 3.63) is 0 Å². The molecule has 4 nitrogen and oxygen atoms in total. The van der Waals surface area contributed by atoms with E-state index in [1.807, 2.05) is 4.90 Å². The zero-order valence-corrected chi connectivity index (χ0v) is 11.1. The van der Waals surface area contributed by atoms with E-state index in [2.05, 4.69) is 17.1 Å². The Kier molecular flexibility index (Phi) is 4.40. The lowest BCUT2D eigenvalue weighted by atomic mass is 10.0. The highest BCUT2D eigenvalue weighted by Crippen LogP contribution is 2.16. The Morgan fingerprint density at radius 1 is 1.18 bits per heavy atom. The van der Waals surface area contributed by atoms with Crippen LogP contribution in [0.5, 0.6) is 0 Å². The van der Waals surface area contributed by atoms with E-state index in [1.54, 1.807) is 6.92 Å². The van der Waals surface area contributed by atoms with Gasteiger partial charge in [-0.25, -0.2) is 0 Å². The molecule has 0 saturated carbocycles. The minimum Gasteiger partial charge on any atom is -0.342 e. The molecule has 2 fully saturated rings. The molecule has 2 heterocycles. The van der Waals surface area contributed by atoms with Gasteiger partial charge in [0.15, 0.2) is 0 Å². The first kappa shape index (κ1) is 12.8. The third kappa shape index (κ3) is 3.42. The van der Waals surface area contributed by atoms with E-state index in [9.17, 15) is 4.79 Å². The lowest BCUT2D eigenvalue weighted by Crippen LogP contribution is -2.49. The summed E-state index contributed by atoms with van der Waals surface area (Å²) in [4.78, 5) is 15.9. The Labute approximate surface area is 104 Å². The summed E-state index contributed by atoms with van der Waals surface area (Å²) in [6, 6.07) is 1.35. The van der Waals surface area contributed by atoms with E-state index >= 15 is 0 Å². The monoisotopic (exact) mass is 239 g/mol. The standard InChI is InChI=1S/C13H25N3O/c1-11-4-5-13(10-14-11)16-7-3-6-15(8-9-16)12(2)17/h11,13-14H,3-10H2,1-2H3. The van der Waals surface area contributed by atoms with Gasteiger partial charge in [-0.3, -0.25) is 9.69 Å². The average molecular weight is 239 g/mol. The Balaban J connectivity index is 1.84. The maximum absolute atomic E-state index is 11.4. The Morgan fingerprint density at radius 2 is 2.00 bits per heavy atom. The summed E-state index contributed by atoms with van der Waals surface area (Å²) in [5, 5.41) is 3.56. The van der Waals surface area contributed by atoms with Gasteiger partial charge in [-0.1, -0.05) is 0 Å². The van der Waals surface area contributed by atoms with E-state index in [0.717, 1.165) is 39.1 Å². The van der Waals surface area contributed by atoms with Gasteiger partial charge in [-0.2, -0.15) is 0 Å². The SMILES string of the molecule is CC(=O)N1CCCN(C2CCC(C)NC2)CC1. The molecule has 4 heteroatoms. The Morgan fingerprint density at radius 3 is 2.65 bits per heavy atom. The summed E-state index contributed by atoms with van der Waals surface area (Å²) >= 11 is 0. The molecule has 1 N–H and O–H groups in total. The van der Waals surface area contributed by atoms with Crippen LogP contribution in [0.3, 0.4) is 0 Å². The molecule has 0 bridgehead atoms. The molecule has 2 aliphatic rings. The molecule has 2 unspecified atom stereocenters. The molecule has 0 radical (unpaired) electrons. The second kappa shape index (κ2) is 5.83. The van der Waals surface area contributed by atoms with E-state index < -0.39 is 0 Å². The number of hydrogen-bond donors (Lipinski definition) is 1. The minimum atomic E-state index is 0.224. The quantitative estimate of drug-likeness (QED) is 0.731. The topological polar surface area (TPSA) is 35.6 Å². The fourth-order valence-electron chi connectivity index (χ4n) is 2.91. The average Bonchev–Trinajstić information content (AvgIpc) is 2.55. The summed E-state index contributed by atoms with van der Waals surface area (Å²) in [5.41, 5.74) is 0. The molecule has 2 rings (SSSR count). The van der Waals surface area contributed by atoms with Crippen LogP contribution in [0.1, 0.15) is 33.1 Å². The van der Waals surface area contributed by atoms with Crippen LogP contribution in [-0.2, 0) is 4.79 Å². The molecule has 98 valence electrons. The fourth-order valence-corrected chi connectivity index (χ4v) is 2.91. The van der Waals surface area contributed by atoms with Crippen molar-refractivity contribution in [3.8, 4) is 0 Å². The first-order chi connectivity index (χ1) is 8.16. The molecule has 1 amide bonds. The second-order valence-electron chi connectivity index (χ2n) is 5.44. The van der Waals surface area contributed by atoms with Crippen LogP contribution in [0.15, 0.2) is 0 Å². The molecular weight excluding hydrogens is 214 g/mol. The van der Waals surface area contributed by atoms with Crippen molar-refractivity contribution in [2.24, 2.45) is 0 Å². The highest BCUT2D eigenvalue weighted by Gasteiger charge is 2.25. The van der Waals surface area contributed by atoms with Crippen LogP contribution in [0, 0.1) is 0 Å². The highest BCUT2D eigenvalue weighted by molar-refractivity contribution is 5.73. The van der Waals surface area contributed by atoms with E-state index in [4.69, 9.17) is 0 Å². The van der Waals surface area contributed by atoms with E-state index in [-0.39, 0.29) is 5.91 Å². The van der Waals surface area contributed by atoms with Gasteiger partial charge in [0.05, 0.1) is 0 Å². The minimum absolute atomic E-state index is 0.224. The summed E-state index contributed by atoms with van der Waals surface area (Å²) in [7, 11) is 0. The first-order valence-corrected chi connectivity index (χ1v) is 6.90. The molecule has 0 aromatic rings. The second-order valence-corrected chi connectivity index (χ2v) is 5.44. The Bertz CT molecular complexity index is 261. The summed E-state index contributed by atoms with van der Waals surface area (Å²) in [6.07, 6.45) is 3.69. The molecular formula is C13H25N3O. The van der Waals surface area contributed by atoms with Crippen LogP contribution >= 0.6 is 0 Å². The maximum Gasteiger partial charge on any atom is 0.219 e. The van der Waals surface area contributed by atoms with Crippen LogP contribution in [0.25, 0.3) is 0 Å². The lowest BCUT2D eigenvalue weighted by molar-refractivity contribution is -0.128. The molecule has 0 aliphatic carbocycles. The number of rotatable bonds is 1. The van der Waals surface area contributed by atoms with Crippen LogP contribution in [0.2, 0.25) is 0 Å². The smallest absolute Gasteiger partial charge is 0.219 e. The van der Waals surface area contributed by atoms with E-state index in [1.165, 1.54) is 12.8 Å². The van der Waals surface area contributed by atoms with Crippen molar-refractivity contribution in [2.75, 3.05) is 32.7 Å². The predicted molar refractivity (Wildman–Crippen MR) is 68.9 cm³/mol. The molecule has 2 atom stereocenters. The van der Waals surface area contributed by atoms with E-state index in [0.29, 0.717) is 12.1 Å². The third-order valence-corrected chi connectivity index (χ3v) is 4.13. The van der Waals surface area contributed by atoms with Crippen molar-refractivity contribution in [1.29, 1.82) is 0 Å². The number of amides is 1. The molecule has 2 aliphatic heterocycles. The number of carbonyl (C=O) groups excluding carboxylic acids is 1. The van der Waals surface area contributed by atoms with Crippen LogP contribution < -0.4 is 5.32 Å². The normalized spacial score (nSPS) is 32.2. The van der Waals surface area contributed by atoms with Gasteiger partial charge in [0, 0.05) is 51.7 Å². The van der Waals surface area contributed by atoms with Crippen molar-refractivity contribution in [2.45, 2.75) is 45.2 Å². The number of hydrogen-bond acceptors (Lipinski definition) is 3. The molecule has 17 heavy (non-hydrogen) atoms. The zero-order valence-electron chi connectivity index (χ0n) is 11.1. The van der Waals surface area contributed by atoms with Crippen molar-refractivity contribution < 1.29 is 4.79 Å². The van der Waals surface area contributed by atoms with Gasteiger partial charge in [-0.05, 0) is 26.2 Å². The fraction of sp³-hybridized carbons (Fsp3) is 0.923. The lowest BCUT2D eigenvalue weighted by Gasteiger charge is -2.36. The highest BCUT2D eigenvalue weighted by atomic mass is 16.2. The van der Waals surface area contributed by atoms with Gasteiger partial charge in [0.1, 0.15) is 0 Å². The molecule has 0 aromatic heterocycles. The number of piperidine rings is 1. The van der Waals surface area contributed by atoms with Gasteiger partial charge in [0.2, 0.25) is 5.91 Å². The summed E-state index contributed by atoms with van der Waals surface area (Å²) in [5.74, 6) is 0.224. The number of carbonyl (C=O) groups is 1. The van der Waals surface area contributed by atoms with Crippen LogP contribution in [0.4, 0.5) is 0 Å².